The summed E-state index contributed by atoms with van der Waals surface area (Å²) < 4.78 is 15.7. The molecule has 0 spiro atoms. The molecular weight excluding hydrogens is 282 g/mol. The summed E-state index contributed by atoms with van der Waals surface area (Å²) in [4.78, 5) is 12.5. The highest BCUT2D eigenvalue weighted by Gasteiger charge is 2.17. The van der Waals surface area contributed by atoms with Crippen molar-refractivity contribution in [3.05, 3.63) is 47.5 Å². The molecule has 2 aromatic carbocycles. The summed E-state index contributed by atoms with van der Waals surface area (Å²) >= 11 is 0. The molecular formula is C17H19NO4. The van der Waals surface area contributed by atoms with Gasteiger partial charge in [-0.05, 0) is 31.2 Å². The monoisotopic (exact) mass is 301 g/mol. The zero-order chi connectivity index (χ0) is 16.1. The Morgan fingerprint density at radius 1 is 1.00 bits per heavy atom. The number of rotatable bonds is 5. The third-order valence-electron chi connectivity index (χ3n) is 3.35. The number of amides is 1. The third-order valence-corrected chi connectivity index (χ3v) is 3.35. The highest BCUT2D eigenvalue weighted by Crippen LogP contribution is 2.31. The van der Waals surface area contributed by atoms with Crippen LogP contribution in [-0.4, -0.2) is 27.2 Å². The number of carbonyl (C=O) groups excluding carboxylic acids is 1. The summed E-state index contributed by atoms with van der Waals surface area (Å²) in [6.45, 7) is 1.85. The van der Waals surface area contributed by atoms with Crippen molar-refractivity contribution in [1.82, 2.24) is 0 Å². The van der Waals surface area contributed by atoms with Gasteiger partial charge in [-0.25, -0.2) is 0 Å². The molecule has 0 bridgehead atoms. The van der Waals surface area contributed by atoms with Gasteiger partial charge in [0.15, 0.2) is 0 Å². The first-order valence-electron chi connectivity index (χ1n) is 6.77. The van der Waals surface area contributed by atoms with Gasteiger partial charge in [-0.3, -0.25) is 4.79 Å². The highest BCUT2D eigenvalue weighted by atomic mass is 16.5. The molecule has 0 radical (unpaired) electrons. The van der Waals surface area contributed by atoms with Gasteiger partial charge in [-0.2, -0.15) is 0 Å². The summed E-state index contributed by atoms with van der Waals surface area (Å²) in [6.07, 6.45) is 0. The van der Waals surface area contributed by atoms with Crippen LogP contribution in [0.25, 0.3) is 0 Å². The van der Waals surface area contributed by atoms with E-state index in [1.807, 2.05) is 19.1 Å². The van der Waals surface area contributed by atoms with Crippen molar-refractivity contribution in [1.29, 1.82) is 0 Å². The molecule has 5 nitrogen and oxygen atoms in total. The lowest BCUT2D eigenvalue weighted by Gasteiger charge is -2.14. The van der Waals surface area contributed by atoms with Crippen LogP contribution in [0.2, 0.25) is 0 Å². The Morgan fingerprint density at radius 3 is 2.41 bits per heavy atom. The van der Waals surface area contributed by atoms with Crippen LogP contribution in [-0.2, 0) is 0 Å². The number of ether oxygens (including phenoxy) is 3. The molecule has 0 aliphatic heterocycles. The molecule has 2 aromatic rings. The molecule has 0 aliphatic rings. The van der Waals surface area contributed by atoms with Crippen LogP contribution < -0.4 is 19.5 Å². The molecule has 1 amide bonds. The summed E-state index contributed by atoms with van der Waals surface area (Å²) in [5.74, 6) is 1.60. The number of anilines is 1. The lowest BCUT2D eigenvalue weighted by atomic mass is 10.1. The van der Waals surface area contributed by atoms with Gasteiger partial charge >= 0.3 is 0 Å². The van der Waals surface area contributed by atoms with E-state index < -0.39 is 0 Å². The fraction of sp³-hybridized carbons (Fsp3) is 0.235. The van der Waals surface area contributed by atoms with E-state index in [1.165, 1.54) is 7.11 Å². The van der Waals surface area contributed by atoms with Gasteiger partial charge in [0.2, 0.25) is 0 Å². The van der Waals surface area contributed by atoms with Gasteiger partial charge in [0.1, 0.15) is 17.2 Å². The second kappa shape index (κ2) is 6.85. The zero-order valence-corrected chi connectivity index (χ0v) is 13.1. The molecule has 22 heavy (non-hydrogen) atoms. The van der Waals surface area contributed by atoms with Gasteiger partial charge < -0.3 is 19.5 Å². The van der Waals surface area contributed by atoms with Crippen molar-refractivity contribution < 1.29 is 19.0 Å². The molecule has 0 saturated carbocycles. The summed E-state index contributed by atoms with van der Waals surface area (Å²) in [7, 11) is 4.69. The van der Waals surface area contributed by atoms with E-state index in [4.69, 9.17) is 14.2 Å². The first-order valence-corrected chi connectivity index (χ1v) is 6.77. The second-order valence-electron chi connectivity index (χ2n) is 4.66. The van der Waals surface area contributed by atoms with Crippen LogP contribution in [0.4, 0.5) is 5.69 Å². The fourth-order valence-electron chi connectivity index (χ4n) is 2.24. The van der Waals surface area contributed by atoms with Crippen molar-refractivity contribution >= 4 is 11.6 Å². The first-order chi connectivity index (χ1) is 10.6. The number of nitrogens with one attached hydrogen (secondary N) is 1. The normalized spacial score (nSPS) is 10.0. The van der Waals surface area contributed by atoms with Crippen molar-refractivity contribution in [2.75, 3.05) is 26.6 Å². The Labute approximate surface area is 129 Å². The Bertz CT molecular complexity index is 682. The topological polar surface area (TPSA) is 56.8 Å². The molecule has 5 heteroatoms. The van der Waals surface area contributed by atoms with E-state index in [2.05, 4.69) is 5.32 Å². The molecule has 116 valence electrons. The average Bonchev–Trinajstić information content (AvgIpc) is 2.54. The van der Waals surface area contributed by atoms with Crippen molar-refractivity contribution in [3.63, 3.8) is 0 Å². The van der Waals surface area contributed by atoms with Gasteiger partial charge in [-0.15, -0.1) is 0 Å². The van der Waals surface area contributed by atoms with Gasteiger partial charge in [0.05, 0.1) is 26.9 Å². The highest BCUT2D eigenvalue weighted by molar-refractivity contribution is 6.06. The number of hydrogen-bond acceptors (Lipinski definition) is 4. The van der Waals surface area contributed by atoms with Gasteiger partial charge in [0.25, 0.3) is 5.91 Å². The van der Waals surface area contributed by atoms with E-state index in [0.29, 0.717) is 28.5 Å². The smallest absolute Gasteiger partial charge is 0.259 e. The average molecular weight is 301 g/mol. The largest absolute Gasteiger partial charge is 0.497 e. The van der Waals surface area contributed by atoms with E-state index >= 15 is 0 Å². The minimum atomic E-state index is -0.254. The van der Waals surface area contributed by atoms with E-state index in [9.17, 15) is 4.79 Å². The molecule has 0 atom stereocenters. The van der Waals surface area contributed by atoms with Crippen molar-refractivity contribution in [3.8, 4) is 17.2 Å². The molecule has 0 fully saturated rings. The second-order valence-corrected chi connectivity index (χ2v) is 4.66. The van der Waals surface area contributed by atoms with Crippen LogP contribution in [0.5, 0.6) is 17.2 Å². The third kappa shape index (κ3) is 3.14. The Balaban J connectivity index is 2.31. The van der Waals surface area contributed by atoms with Crippen LogP contribution >= 0.6 is 0 Å². The number of methoxy groups -OCH3 is 3. The number of benzene rings is 2. The Kier molecular flexibility index (Phi) is 4.88. The fourth-order valence-corrected chi connectivity index (χ4v) is 2.24. The summed E-state index contributed by atoms with van der Waals surface area (Å²) in [5, 5.41) is 2.83. The van der Waals surface area contributed by atoms with Crippen LogP contribution in [0.15, 0.2) is 36.4 Å². The van der Waals surface area contributed by atoms with Crippen LogP contribution in [0.1, 0.15) is 15.9 Å². The van der Waals surface area contributed by atoms with Crippen LogP contribution in [0.3, 0.4) is 0 Å². The van der Waals surface area contributed by atoms with Crippen molar-refractivity contribution in [2.45, 2.75) is 6.92 Å². The molecule has 0 unspecified atom stereocenters. The zero-order valence-electron chi connectivity index (χ0n) is 13.1. The molecule has 2 rings (SSSR count). The number of hydrogen-bond donors (Lipinski definition) is 1. The predicted octanol–water partition coefficient (Wildman–Crippen LogP) is 3.27. The minimum Gasteiger partial charge on any atom is -0.497 e. The maximum absolute atomic E-state index is 12.5. The maximum Gasteiger partial charge on any atom is 0.259 e. The summed E-state index contributed by atoms with van der Waals surface area (Å²) in [5.41, 5.74) is 1.88. The number of carbonyl (C=O) groups is 1. The molecule has 0 saturated heterocycles. The lowest BCUT2D eigenvalue weighted by Crippen LogP contribution is -2.14. The first kappa shape index (κ1) is 15.7. The quantitative estimate of drug-likeness (QED) is 0.921. The van der Waals surface area contributed by atoms with E-state index in [0.717, 1.165) is 5.56 Å². The maximum atomic E-state index is 12.5. The van der Waals surface area contributed by atoms with Gasteiger partial charge in [0, 0.05) is 17.3 Å². The standard InChI is InChI=1S/C17H19NO4/c1-11-15(21-3)9-8-14(16(11)22-4)17(19)18-12-6-5-7-13(10-12)20-2/h5-10H,1-4H3,(H,18,19). The lowest BCUT2D eigenvalue weighted by molar-refractivity contribution is 0.102. The van der Waals surface area contributed by atoms with Crippen molar-refractivity contribution in [2.24, 2.45) is 0 Å². The SMILES string of the molecule is COc1cccc(NC(=O)c2ccc(OC)c(C)c2OC)c1. The minimum absolute atomic E-state index is 0.254. The van der Waals surface area contributed by atoms with E-state index in [1.54, 1.807) is 38.5 Å². The Morgan fingerprint density at radius 2 is 1.77 bits per heavy atom. The Hall–Kier alpha value is -2.69. The molecule has 0 heterocycles. The molecule has 0 aliphatic carbocycles. The molecule has 0 aromatic heterocycles. The van der Waals surface area contributed by atoms with E-state index in [-0.39, 0.29) is 5.91 Å². The molecule has 1 N–H and O–H groups in total. The van der Waals surface area contributed by atoms with Crippen LogP contribution in [0, 0.1) is 6.92 Å². The summed E-state index contributed by atoms with van der Waals surface area (Å²) in [6, 6.07) is 10.6. The predicted molar refractivity (Wildman–Crippen MR) is 85.2 cm³/mol. The van der Waals surface area contributed by atoms with Gasteiger partial charge in [-0.1, -0.05) is 6.07 Å².